The van der Waals surface area contributed by atoms with Crippen molar-refractivity contribution in [1.82, 2.24) is 0 Å². The molecule has 1 heteroatoms. The summed E-state index contributed by atoms with van der Waals surface area (Å²) < 4.78 is 0. The number of hydrogen-bond acceptors (Lipinski definition) is 1. The van der Waals surface area contributed by atoms with Crippen LogP contribution in [0.2, 0.25) is 0 Å². The minimum atomic E-state index is 0.778. The van der Waals surface area contributed by atoms with Crippen LogP contribution < -0.4 is 5.73 Å². The fourth-order valence-corrected chi connectivity index (χ4v) is 0.897. The van der Waals surface area contributed by atoms with Crippen LogP contribution in [0.5, 0.6) is 0 Å². The highest BCUT2D eigenvalue weighted by Gasteiger charge is 1.99. The van der Waals surface area contributed by atoms with Gasteiger partial charge in [-0.15, -0.1) is 0 Å². The molecule has 0 spiro atoms. The van der Waals surface area contributed by atoms with E-state index in [1.54, 1.807) is 0 Å². The third-order valence-electron chi connectivity index (χ3n) is 1.61. The van der Waals surface area contributed by atoms with E-state index in [9.17, 15) is 0 Å². The second-order valence-corrected chi connectivity index (χ2v) is 3.01. The average Bonchev–Trinajstić information content (AvgIpc) is 2.18. The summed E-state index contributed by atoms with van der Waals surface area (Å²) in [5, 5.41) is 0. The van der Waals surface area contributed by atoms with E-state index >= 15 is 0 Å². The SMILES string of the molecule is CC.CCC.CCCC(CC)CN. The molecule has 0 saturated heterocycles. The van der Waals surface area contributed by atoms with Gasteiger partial charge in [0.05, 0.1) is 0 Å². The molecule has 0 amide bonds. The quantitative estimate of drug-likeness (QED) is 0.704. The molecule has 0 aliphatic heterocycles. The zero-order valence-electron chi connectivity index (χ0n) is 10.7. The molecule has 0 aromatic rings. The van der Waals surface area contributed by atoms with Gasteiger partial charge in [-0.05, 0) is 18.9 Å². The van der Waals surface area contributed by atoms with Gasteiger partial charge < -0.3 is 5.73 Å². The van der Waals surface area contributed by atoms with Crippen molar-refractivity contribution in [2.75, 3.05) is 6.54 Å². The Morgan fingerprint density at radius 1 is 1.00 bits per heavy atom. The van der Waals surface area contributed by atoms with Crippen LogP contribution in [0.4, 0.5) is 0 Å². The first-order valence-corrected chi connectivity index (χ1v) is 5.96. The van der Waals surface area contributed by atoms with Crippen LogP contribution in [0.1, 0.15) is 67.2 Å². The minimum absolute atomic E-state index is 0.778. The number of rotatable bonds is 4. The highest BCUT2D eigenvalue weighted by atomic mass is 14.5. The maximum Gasteiger partial charge on any atom is -0.00490 e. The Morgan fingerprint density at radius 3 is 1.46 bits per heavy atom. The summed E-state index contributed by atoms with van der Waals surface area (Å²) in [6, 6.07) is 0. The van der Waals surface area contributed by atoms with Gasteiger partial charge in [-0.25, -0.2) is 0 Å². The molecule has 0 fully saturated rings. The van der Waals surface area contributed by atoms with Crippen molar-refractivity contribution < 1.29 is 0 Å². The summed E-state index contributed by atoms with van der Waals surface area (Å²) in [6.45, 7) is 13.5. The minimum Gasteiger partial charge on any atom is -0.330 e. The van der Waals surface area contributed by atoms with Crippen molar-refractivity contribution >= 4 is 0 Å². The molecule has 0 bridgehead atoms. The molecular weight excluding hydrogens is 158 g/mol. The monoisotopic (exact) mass is 189 g/mol. The molecule has 1 nitrogen and oxygen atoms in total. The van der Waals surface area contributed by atoms with Crippen LogP contribution in [0, 0.1) is 5.92 Å². The van der Waals surface area contributed by atoms with Crippen molar-refractivity contribution in [3.63, 3.8) is 0 Å². The van der Waals surface area contributed by atoms with Gasteiger partial charge in [-0.1, -0.05) is 60.8 Å². The van der Waals surface area contributed by atoms with Crippen molar-refractivity contribution in [3.8, 4) is 0 Å². The Kier molecular flexibility index (Phi) is 32.6. The maximum absolute atomic E-state index is 5.47. The van der Waals surface area contributed by atoms with Crippen molar-refractivity contribution in [2.45, 2.75) is 67.2 Å². The van der Waals surface area contributed by atoms with Crippen molar-refractivity contribution in [2.24, 2.45) is 11.7 Å². The molecular formula is C12H31N. The van der Waals surface area contributed by atoms with Gasteiger partial charge in [0.1, 0.15) is 0 Å². The molecule has 1 atom stereocenters. The van der Waals surface area contributed by atoms with Crippen LogP contribution in [0.25, 0.3) is 0 Å². The van der Waals surface area contributed by atoms with Crippen molar-refractivity contribution in [1.29, 1.82) is 0 Å². The molecule has 0 aliphatic rings. The normalized spacial score (nSPS) is 10.4. The van der Waals surface area contributed by atoms with Crippen LogP contribution in [0.3, 0.4) is 0 Å². The van der Waals surface area contributed by atoms with E-state index in [0.717, 1.165) is 12.5 Å². The Hall–Kier alpha value is -0.0400. The highest BCUT2D eigenvalue weighted by molar-refractivity contribution is 4.54. The van der Waals surface area contributed by atoms with Gasteiger partial charge in [0.2, 0.25) is 0 Å². The van der Waals surface area contributed by atoms with E-state index in [0.29, 0.717) is 0 Å². The molecule has 0 radical (unpaired) electrons. The molecule has 2 N–H and O–H groups in total. The Morgan fingerprint density at radius 2 is 1.38 bits per heavy atom. The molecule has 0 aliphatic carbocycles. The van der Waals surface area contributed by atoms with E-state index < -0.39 is 0 Å². The molecule has 0 aromatic heterocycles. The van der Waals surface area contributed by atoms with Crippen molar-refractivity contribution in [3.05, 3.63) is 0 Å². The smallest absolute Gasteiger partial charge is 0.00490 e. The maximum atomic E-state index is 5.47. The van der Waals surface area contributed by atoms with E-state index in [2.05, 4.69) is 27.7 Å². The Bertz CT molecular complexity index is 49.1. The van der Waals surface area contributed by atoms with Crippen LogP contribution in [-0.2, 0) is 0 Å². The average molecular weight is 189 g/mol. The summed E-state index contributed by atoms with van der Waals surface area (Å²) >= 11 is 0. The summed E-state index contributed by atoms with van der Waals surface area (Å²) in [5.41, 5.74) is 5.47. The van der Waals surface area contributed by atoms with Gasteiger partial charge in [0.15, 0.2) is 0 Å². The fourth-order valence-electron chi connectivity index (χ4n) is 0.897. The molecule has 0 saturated carbocycles. The van der Waals surface area contributed by atoms with E-state index in [1.165, 1.54) is 25.7 Å². The molecule has 84 valence electrons. The zero-order valence-corrected chi connectivity index (χ0v) is 10.7. The Balaban J connectivity index is -0.000000169. The van der Waals surface area contributed by atoms with Gasteiger partial charge >= 0.3 is 0 Å². The second kappa shape index (κ2) is 22.7. The number of hydrogen-bond donors (Lipinski definition) is 1. The second-order valence-electron chi connectivity index (χ2n) is 3.01. The number of nitrogens with two attached hydrogens (primary N) is 1. The van der Waals surface area contributed by atoms with E-state index in [-0.39, 0.29) is 0 Å². The van der Waals surface area contributed by atoms with Crippen LogP contribution in [0.15, 0.2) is 0 Å². The summed E-state index contributed by atoms with van der Waals surface area (Å²) in [7, 11) is 0. The zero-order chi connectivity index (χ0) is 11.1. The topological polar surface area (TPSA) is 26.0 Å². The van der Waals surface area contributed by atoms with Gasteiger partial charge in [0.25, 0.3) is 0 Å². The van der Waals surface area contributed by atoms with E-state index in [1.807, 2.05) is 13.8 Å². The lowest BCUT2D eigenvalue weighted by Crippen LogP contribution is -2.12. The molecule has 0 rings (SSSR count). The summed E-state index contributed by atoms with van der Waals surface area (Å²) in [6.07, 6.45) is 5.06. The first-order valence-electron chi connectivity index (χ1n) is 5.96. The molecule has 13 heavy (non-hydrogen) atoms. The third kappa shape index (κ3) is 24.5. The molecule has 0 aromatic carbocycles. The standard InChI is InChI=1S/C7H17N.C3H8.C2H6/c1-3-5-7(4-2)6-8;1-3-2;1-2/h7H,3-6,8H2,1-2H3;3H2,1-2H3;1-2H3. The van der Waals surface area contributed by atoms with Crippen LogP contribution in [-0.4, -0.2) is 6.54 Å². The largest absolute Gasteiger partial charge is 0.330 e. The molecule has 1 unspecified atom stereocenters. The predicted molar refractivity (Wildman–Crippen MR) is 65.1 cm³/mol. The fraction of sp³-hybridized carbons (Fsp3) is 1.00. The molecule has 0 heterocycles. The highest BCUT2D eigenvalue weighted by Crippen LogP contribution is 2.07. The lowest BCUT2D eigenvalue weighted by atomic mass is 10.0. The Labute approximate surface area is 86.1 Å². The first-order chi connectivity index (χ1) is 6.26. The first kappa shape index (κ1) is 18.7. The van der Waals surface area contributed by atoms with E-state index in [4.69, 9.17) is 5.73 Å². The summed E-state index contributed by atoms with van der Waals surface area (Å²) in [5.74, 6) is 0.778. The van der Waals surface area contributed by atoms with Gasteiger partial charge in [-0.3, -0.25) is 0 Å². The third-order valence-corrected chi connectivity index (χ3v) is 1.61. The van der Waals surface area contributed by atoms with Gasteiger partial charge in [-0.2, -0.15) is 0 Å². The summed E-state index contributed by atoms with van der Waals surface area (Å²) in [4.78, 5) is 0. The van der Waals surface area contributed by atoms with Crippen LogP contribution >= 0.6 is 0 Å². The lowest BCUT2D eigenvalue weighted by molar-refractivity contribution is 0.475. The van der Waals surface area contributed by atoms with Gasteiger partial charge in [0, 0.05) is 0 Å². The predicted octanol–water partition coefficient (Wildman–Crippen LogP) is 4.21. The lowest BCUT2D eigenvalue weighted by Gasteiger charge is -2.08.